The zero-order valence-corrected chi connectivity index (χ0v) is 12.9. The predicted molar refractivity (Wildman–Crippen MR) is 85.0 cm³/mol. The Kier molecular flexibility index (Phi) is 5.05. The number of aromatic nitrogens is 1. The third kappa shape index (κ3) is 3.77. The number of halogens is 1. The summed E-state index contributed by atoms with van der Waals surface area (Å²) in [5.41, 5.74) is 3.66. The maximum absolute atomic E-state index is 11.9. The van der Waals surface area contributed by atoms with Gasteiger partial charge in [-0.3, -0.25) is 9.78 Å². The molecule has 0 saturated heterocycles. The van der Waals surface area contributed by atoms with E-state index in [0.717, 1.165) is 9.32 Å². The Morgan fingerprint density at radius 2 is 2.25 bits per heavy atom. The van der Waals surface area contributed by atoms with Crippen molar-refractivity contribution in [3.63, 3.8) is 0 Å². The highest BCUT2D eigenvalue weighted by atomic mass is 127. The molecule has 0 atom stereocenters. The monoisotopic (exact) mass is 381 g/mol. The second kappa shape index (κ2) is 6.99. The molecule has 0 aliphatic rings. The number of carbonyl (C=O) groups excluding carboxylic acids is 1. The lowest BCUT2D eigenvalue weighted by atomic mass is 10.2. The average molecular weight is 381 g/mol. The smallest absolute Gasteiger partial charge is 0.271 e. The molecule has 1 amide bonds. The van der Waals surface area contributed by atoms with Crippen molar-refractivity contribution >= 4 is 34.7 Å². The van der Waals surface area contributed by atoms with Gasteiger partial charge < -0.3 is 4.74 Å². The number of amides is 1. The first-order chi connectivity index (χ1) is 9.70. The zero-order valence-electron chi connectivity index (χ0n) is 10.7. The summed E-state index contributed by atoms with van der Waals surface area (Å²) in [5.74, 6) is 0.455. The van der Waals surface area contributed by atoms with E-state index in [0.29, 0.717) is 11.3 Å². The normalized spacial score (nSPS) is 10.5. The molecule has 1 N–H and O–H groups in total. The topological polar surface area (TPSA) is 63.6 Å². The first-order valence-electron chi connectivity index (χ1n) is 5.78. The van der Waals surface area contributed by atoms with Crippen molar-refractivity contribution in [2.24, 2.45) is 5.10 Å². The number of hydrazone groups is 1. The second-order valence-corrected chi connectivity index (χ2v) is 4.97. The molecule has 0 spiro atoms. The summed E-state index contributed by atoms with van der Waals surface area (Å²) in [6.07, 6.45) is 3.15. The lowest BCUT2D eigenvalue weighted by Gasteiger charge is -2.05. The number of nitrogens with one attached hydrogen (secondary N) is 1. The molecule has 0 aliphatic heterocycles. The summed E-state index contributed by atoms with van der Waals surface area (Å²) in [4.78, 5) is 16.0. The van der Waals surface area contributed by atoms with E-state index in [1.165, 1.54) is 6.21 Å². The van der Waals surface area contributed by atoms with Gasteiger partial charge in [-0.05, 0) is 52.9 Å². The molecule has 1 aromatic carbocycles. The van der Waals surface area contributed by atoms with Gasteiger partial charge in [-0.1, -0.05) is 6.07 Å². The molecular formula is C14H12IN3O2. The summed E-state index contributed by atoms with van der Waals surface area (Å²) in [6.45, 7) is 0. The number of hydrogen-bond donors (Lipinski definition) is 1. The van der Waals surface area contributed by atoms with Crippen molar-refractivity contribution in [3.05, 3.63) is 57.4 Å². The van der Waals surface area contributed by atoms with Gasteiger partial charge in [-0.15, -0.1) is 0 Å². The number of hydrogen-bond acceptors (Lipinski definition) is 4. The molecule has 0 bridgehead atoms. The maximum Gasteiger partial charge on any atom is 0.271 e. The van der Waals surface area contributed by atoms with Crippen LogP contribution < -0.4 is 10.2 Å². The van der Waals surface area contributed by atoms with Crippen molar-refractivity contribution in [1.29, 1.82) is 0 Å². The molecular weight excluding hydrogens is 369 g/mol. The Balaban J connectivity index is 2.02. The molecule has 0 fully saturated rings. The number of rotatable bonds is 4. The highest BCUT2D eigenvalue weighted by molar-refractivity contribution is 14.1. The largest absolute Gasteiger partial charge is 0.496 e. The Morgan fingerprint density at radius 1 is 1.40 bits per heavy atom. The van der Waals surface area contributed by atoms with Crippen molar-refractivity contribution in [3.8, 4) is 5.75 Å². The first kappa shape index (κ1) is 14.4. The second-order valence-electron chi connectivity index (χ2n) is 3.80. The molecule has 0 aliphatic carbocycles. The number of ether oxygens (including phenoxy) is 1. The van der Waals surface area contributed by atoms with Crippen LogP contribution in [0, 0.1) is 3.57 Å². The van der Waals surface area contributed by atoms with Gasteiger partial charge in [0.15, 0.2) is 0 Å². The Bertz CT molecular complexity index is 630. The molecule has 0 radical (unpaired) electrons. The fourth-order valence-electron chi connectivity index (χ4n) is 1.48. The Labute approximate surface area is 130 Å². The van der Waals surface area contributed by atoms with Crippen molar-refractivity contribution in [2.75, 3.05) is 7.11 Å². The minimum atomic E-state index is -0.280. The lowest BCUT2D eigenvalue weighted by molar-refractivity contribution is 0.0955. The van der Waals surface area contributed by atoms with E-state index >= 15 is 0 Å². The molecule has 1 aromatic heterocycles. The number of benzene rings is 1. The molecule has 6 heteroatoms. The Morgan fingerprint density at radius 3 is 2.90 bits per heavy atom. The fourth-order valence-corrected chi connectivity index (χ4v) is 2.22. The van der Waals surface area contributed by atoms with Crippen LogP contribution in [0.25, 0.3) is 0 Å². The van der Waals surface area contributed by atoms with Gasteiger partial charge in [-0.2, -0.15) is 5.10 Å². The van der Waals surface area contributed by atoms with Gasteiger partial charge in [0, 0.05) is 11.8 Å². The van der Waals surface area contributed by atoms with Crippen LogP contribution >= 0.6 is 22.6 Å². The van der Waals surface area contributed by atoms with Crippen LogP contribution in [0.15, 0.2) is 47.7 Å². The average Bonchev–Trinajstić information content (AvgIpc) is 2.48. The van der Waals surface area contributed by atoms with Crippen LogP contribution in [0.2, 0.25) is 0 Å². The fraction of sp³-hybridized carbons (Fsp3) is 0.0714. The molecule has 20 heavy (non-hydrogen) atoms. The SMILES string of the molecule is COc1ccc(C(=O)N/N=C/c2ccccn2)cc1I. The first-order valence-corrected chi connectivity index (χ1v) is 6.86. The van der Waals surface area contributed by atoms with Crippen LogP contribution in [-0.4, -0.2) is 24.2 Å². The van der Waals surface area contributed by atoms with E-state index in [-0.39, 0.29) is 5.91 Å². The van der Waals surface area contributed by atoms with Crippen molar-refractivity contribution in [1.82, 2.24) is 10.4 Å². The number of pyridine rings is 1. The minimum absolute atomic E-state index is 0.280. The van der Waals surface area contributed by atoms with Crippen molar-refractivity contribution < 1.29 is 9.53 Å². The summed E-state index contributed by atoms with van der Waals surface area (Å²) < 4.78 is 6.01. The van der Waals surface area contributed by atoms with Gasteiger partial charge in [0.05, 0.1) is 22.6 Å². The number of carbonyl (C=O) groups is 1. The Hall–Kier alpha value is -1.96. The standard InChI is InChI=1S/C14H12IN3O2/c1-20-13-6-5-10(8-12(13)15)14(19)18-17-9-11-4-2-3-7-16-11/h2-9H,1H3,(H,18,19)/b17-9+. The lowest BCUT2D eigenvalue weighted by Crippen LogP contribution is -2.17. The van der Waals surface area contributed by atoms with E-state index in [9.17, 15) is 4.79 Å². The highest BCUT2D eigenvalue weighted by Gasteiger charge is 2.07. The zero-order chi connectivity index (χ0) is 14.4. The van der Waals surface area contributed by atoms with Crippen LogP contribution in [0.3, 0.4) is 0 Å². The van der Waals surface area contributed by atoms with Gasteiger partial charge in [-0.25, -0.2) is 5.43 Å². The van der Waals surface area contributed by atoms with E-state index in [4.69, 9.17) is 4.74 Å². The van der Waals surface area contributed by atoms with Crippen molar-refractivity contribution in [2.45, 2.75) is 0 Å². The van der Waals surface area contributed by atoms with Gasteiger partial charge in [0.25, 0.3) is 5.91 Å². The molecule has 102 valence electrons. The van der Waals surface area contributed by atoms with Crippen LogP contribution in [0.1, 0.15) is 16.1 Å². The maximum atomic E-state index is 11.9. The number of methoxy groups -OCH3 is 1. The van der Waals surface area contributed by atoms with Gasteiger partial charge >= 0.3 is 0 Å². The van der Waals surface area contributed by atoms with E-state index < -0.39 is 0 Å². The molecule has 1 heterocycles. The molecule has 2 rings (SSSR count). The third-order valence-corrected chi connectivity index (χ3v) is 3.31. The van der Waals surface area contributed by atoms with Crippen LogP contribution in [-0.2, 0) is 0 Å². The molecule has 5 nitrogen and oxygen atoms in total. The van der Waals surface area contributed by atoms with E-state index in [1.807, 2.05) is 12.1 Å². The van der Waals surface area contributed by atoms with E-state index in [1.54, 1.807) is 37.6 Å². The van der Waals surface area contributed by atoms with Crippen LogP contribution in [0.5, 0.6) is 5.75 Å². The van der Waals surface area contributed by atoms with Gasteiger partial charge in [0.2, 0.25) is 0 Å². The van der Waals surface area contributed by atoms with Crippen LogP contribution in [0.4, 0.5) is 0 Å². The highest BCUT2D eigenvalue weighted by Crippen LogP contribution is 2.21. The summed E-state index contributed by atoms with van der Waals surface area (Å²) in [5, 5.41) is 3.87. The number of nitrogens with zero attached hydrogens (tertiary/aromatic N) is 2. The summed E-state index contributed by atoms with van der Waals surface area (Å²) in [7, 11) is 1.59. The molecule has 0 saturated carbocycles. The quantitative estimate of drug-likeness (QED) is 0.503. The third-order valence-electron chi connectivity index (χ3n) is 2.46. The summed E-state index contributed by atoms with van der Waals surface area (Å²) in [6, 6.07) is 10.6. The van der Waals surface area contributed by atoms with Gasteiger partial charge in [0.1, 0.15) is 5.75 Å². The minimum Gasteiger partial charge on any atom is -0.496 e. The summed E-state index contributed by atoms with van der Waals surface area (Å²) >= 11 is 2.11. The van der Waals surface area contributed by atoms with E-state index in [2.05, 4.69) is 38.1 Å². The molecule has 0 unspecified atom stereocenters. The molecule has 2 aromatic rings. The predicted octanol–water partition coefficient (Wildman–Crippen LogP) is 2.46.